The summed E-state index contributed by atoms with van der Waals surface area (Å²) in [6, 6.07) is 0. The molecule has 0 unspecified atom stereocenters. The lowest BCUT2D eigenvalue weighted by molar-refractivity contribution is 0.163. The van der Waals surface area contributed by atoms with Crippen LogP contribution in [0.4, 0.5) is 0 Å². The number of aliphatic hydroxyl groups is 2. The Balaban J connectivity index is 4.13. The Kier molecular flexibility index (Phi) is 2.11. The van der Waals surface area contributed by atoms with Gasteiger partial charge in [0, 0.05) is 0 Å². The van der Waals surface area contributed by atoms with Gasteiger partial charge in [0.25, 0.3) is 0 Å². The molecule has 0 aromatic rings. The first-order valence-electron chi connectivity index (χ1n) is 4.17. The largest absolute Gasteiger partial charge is 0.394 e. The van der Waals surface area contributed by atoms with Crippen LogP contribution in [0.1, 0.15) is 5.48 Å². The second-order valence-corrected chi connectivity index (χ2v) is 1.22. The van der Waals surface area contributed by atoms with Crippen molar-refractivity contribution < 1.29 is 15.7 Å². The van der Waals surface area contributed by atoms with Gasteiger partial charge in [-0.2, -0.15) is 0 Å². The van der Waals surface area contributed by atoms with Crippen LogP contribution >= 0.6 is 0 Å². The minimum Gasteiger partial charge on any atom is -0.394 e. The van der Waals surface area contributed by atoms with Crippen molar-refractivity contribution in [2.75, 3.05) is 26.2 Å². The van der Waals surface area contributed by atoms with Crippen molar-refractivity contribution in [3.05, 3.63) is 4.91 Å². The molecule has 0 spiro atoms. The number of hydrogen-bond acceptors (Lipinski definition) is 4. The van der Waals surface area contributed by atoms with Gasteiger partial charge in [-0.1, -0.05) is 0 Å². The maximum Gasteiger partial charge on any atom is 0.0625 e. The summed E-state index contributed by atoms with van der Waals surface area (Å²) in [7, 11) is 0. The molecule has 0 rings (SSSR count). The highest BCUT2D eigenvalue weighted by Gasteiger charge is 1.97. The van der Waals surface area contributed by atoms with E-state index in [0.29, 0.717) is 5.01 Å². The standard InChI is InChI=1S/C4H10N2O3/c7-3-1-6(5-9)2-4-8/h7-8H,1-4H2/i3D2,4D2. The first kappa shape index (κ1) is 3.48. The maximum atomic E-state index is 9.98. The van der Waals surface area contributed by atoms with E-state index >= 15 is 0 Å². The molecule has 0 saturated heterocycles. The third-order valence-electron chi connectivity index (χ3n) is 0.622. The van der Waals surface area contributed by atoms with Gasteiger partial charge < -0.3 is 10.2 Å². The molecule has 0 aliphatic heterocycles. The lowest BCUT2D eigenvalue weighted by atomic mass is 10.6. The van der Waals surface area contributed by atoms with Crippen molar-refractivity contribution in [1.82, 2.24) is 5.01 Å². The first-order chi connectivity index (χ1) is 5.64. The van der Waals surface area contributed by atoms with Gasteiger partial charge in [-0.05, 0) is 0 Å². The molecular weight excluding hydrogens is 124 g/mol. The fourth-order valence-electron chi connectivity index (χ4n) is 0.277. The van der Waals surface area contributed by atoms with Crippen LogP contribution in [0.5, 0.6) is 0 Å². The van der Waals surface area contributed by atoms with E-state index in [1.54, 1.807) is 0 Å². The Morgan fingerprint density at radius 2 is 1.89 bits per heavy atom. The predicted octanol–water partition coefficient (Wildman–Crippen LogP) is -1.05. The minimum absolute atomic E-state index is 0.361. The third-order valence-corrected chi connectivity index (χ3v) is 0.622. The SMILES string of the molecule is [2H]C([2H])(O)CN(CC([2H])([2H])O)N=O. The van der Waals surface area contributed by atoms with Crippen LogP contribution in [0.3, 0.4) is 0 Å². The van der Waals surface area contributed by atoms with Crippen molar-refractivity contribution in [2.45, 2.75) is 0 Å². The molecule has 2 N–H and O–H groups in total. The second kappa shape index (κ2) is 5.46. The monoisotopic (exact) mass is 138 g/mol. The van der Waals surface area contributed by atoms with Crippen LogP contribution in [0, 0.1) is 4.91 Å². The maximum absolute atomic E-state index is 9.98. The minimum atomic E-state index is -2.65. The van der Waals surface area contributed by atoms with Gasteiger partial charge in [0.2, 0.25) is 0 Å². The fourth-order valence-corrected chi connectivity index (χ4v) is 0.277. The van der Waals surface area contributed by atoms with Gasteiger partial charge in [0.15, 0.2) is 0 Å². The van der Waals surface area contributed by atoms with E-state index < -0.39 is 26.2 Å². The lowest BCUT2D eigenvalue weighted by Gasteiger charge is -2.10. The summed E-state index contributed by atoms with van der Waals surface area (Å²) < 4.78 is 26.6. The summed E-state index contributed by atoms with van der Waals surface area (Å²) in [5.41, 5.74) is 0. The zero-order valence-electron chi connectivity index (χ0n) is 8.61. The van der Waals surface area contributed by atoms with Crippen LogP contribution in [-0.2, 0) is 0 Å². The molecule has 0 saturated carbocycles. The van der Waals surface area contributed by atoms with Gasteiger partial charge >= 0.3 is 0 Å². The molecule has 5 heteroatoms. The molecule has 0 atom stereocenters. The predicted molar refractivity (Wildman–Crippen MR) is 31.5 cm³/mol. The zero-order chi connectivity index (χ0) is 10.7. The van der Waals surface area contributed by atoms with E-state index in [-0.39, 0.29) is 0 Å². The van der Waals surface area contributed by atoms with Gasteiger partial charge in [-0.3, -0.25) is 5.01 Å². The van der Waals surface area contributed by atoms with E-state index in [2.05, 4.69) is 5.29 Å². The van der Waals surface area contributed by atoms with Gasteiger partial charge in [-0.15, -0.1) is 4.91 Å². The van der Waals surface area contributed by atoms with Gasteiger partial charge in [0.05, 0.1) is 37.0 Å². The topological polar surface area (TPSA) is 73.1 Å². The summed E-state index contributed by atoms with van der Waals surface area (Å²) in [4.78, 5) is 9.98. The summed E-state index contributed by atoms with van der Waals surface area (Å²) in [5, 5.41) is 19.8. The summed E-state index contributed by atoms with van der Waals surface area (Å²) in [6.45, 7) is -6.90. The number of nitroso groups, excluding NO2 is 1. The molecule has 0 aromatic heterocycles. The van der Waals surface area contributed by atoms with E-state index in [4.69, 9.17) is 15.7 Å². The average Bonchev–Trinajstić information content (AvgIpc) is 1.79. The number of rotatable bonds is 5. The Labute approximate surface area is 58.5 Å². The van der Waals surface area contributed by atoms with Crippen molar-refractivity contribution >= 4 is 0 Å². The normalized spacial score (nSPS) is 18.9. The molecular formula is C4H10N2O3. The molecule has 54 valence electrons. The quantitative estimate of drug-likeness (QED) is 0.375. The summed E-state index contributed by atoms with van der Waals surface area (Å²) >= 11 is 0. The zero-order valence-corrected chi connectivity index (χ0v) is 4.61. The van der Waals surface area contributed by atoms with E-state index in [0.717, 1.165) is 0 Å². The highest BCUT2D eigenvalue weighted by atomic mass is 16.3. The Morgan fingerprint density at radius 1 is 1.44 bits per heavy atom. The van der Waals surface area contributed by atoms with Crippen LogP contribution in [0.25, 0.3) is 0 Å². The highest BCUT2D eigenvalue weighted by Crippen LogP contribution is 1.84. The van der Waals surface area contributed by atoms with Crippen LogP contribution < -0.4 is 0 Å². The number of hydrogen-bond donors (Lipinski definition) is 2. The second-order valence-electron chi connectivity index (χ2n) is 1.22. The molecule has 0 radical (unpaired) electrons. The summed E-state index contributed by atoms with van der Waals surface area (Å²) in [6.07, 6.45) is 0. The van der Waals surface area contributed by atoms with E-state index in [9.17, 15) is 4.91 Å². The Bertz CT molecular complexity index is 161. The Hall–Kier alpha value is -0.680. The van der Waals surface area contributed by atoms with Gasteiger partial charge in [-0.25, -0.2) is 0 Å². The van der Waals surface area contributed by atoms with Crippen molar-refractivity contribution in [3.63, 3.8) is 0 Å². The average molecular weight is 138 g/mol. The smallest absolute Gasteiger partial charge is 0.0625 e. The molecule has 0 heterocycles. The lowest BCUT2D eigenvalue weighted by Crippen LogP contribution is -2.23. The van der Waals surface area contributed by atoms with E-state index in [1.165, 1.54) is 0 Å². The summed E-state index contributed by atoms with van der Waals surface area (Å²) in [5.74, 6) is 0. The molecule has 0 fully saturated rings. The van der Waals surface area contributed by atoms with Crippen LogP contribution in [0.2, 0.25) is 0 Å². The molecule has 0 amide bonds. The van der Waals surface area contributed by atoms with Crippen molar-refractivity contribution in [3.8, 4) is 0 Å². The molecule has 5 nitrogen and oxygen atoms in total. The highest BCUT2D eigenvalue weighted by molar-refractivity contribution is 4.46. The van der Waals surface area contributed by atoms with Crippen molar-refractivity contribution in [2.24, 2.45) is 5.29 Å². The van der Waals surface area contributed by atoms with Crippen molar-refractivity contribution in [1.29, 1.82) is 0 Å². The molecule has 0 aromatic carbocycles. The molecule has 0 aliphatic carbocycles. The third kappa shape index (κ3) is 3.87. The van der Waals surface area contributed by atoms with E-state index in [1.807, 2.05) is 0 Å². The van der Waals surface area contributed by atoms with Gasteiger partial charge in [0.1, 0.15) is 0 Å². The Morgan fingerprint density at radius 3 is 2.11 bits per heavy atom. The first-order valence-corrected chi connectivity index (χ1v) is 2.17. The van der Waals surface area contributed by atoms with Crippen LogP contribution in [0.15, 0.2) is 5.29 Å². The molecule has 0 bridgehead atoms. The molecule has 9 heavy (non-hydrogen) atoms. The number of nitrogens with zero attached hydrogens (tertiary/aromatic N) is 2. The van der Waals surface area contributed by atoms with Crippen LogP contribution in [-0.4, -0.2) is 41.4 Å². The fraction of sp³-hybridized carbons (Fsp3) is 1.00. The molecule has 0 aliphatic rings.